The molecule has 6 heteroatoms. The average Bonchev–Trinajstić information content (AvgIpc) is 3.24. The maximum Gasteiger partial charge on any atom is 0.306 e. The first-order valence-electron chi connectivity index (χ1n) is 24.5. The van der Waals surface area contributed by atoms with Gasteiger partial charge in [-0.25, -0.2) is 0 Å². The molecule has 342 valence electrons. The van der Waals surface area contributed by atoms with Gasteiger partial charge in [0.25, 0.3) is 0 Å². The van der Waals surface area contributed by atoms with Crippen LogP contribution in [0.5, 0.6) is 0 Å². The molecule has 0 fully saturated rings. The Morgan fingerprint density at radius 2 is 1.00 bits per heavy atom. The van der Waals surface area contributed by atoms with E-state index in [2.05, 4.69) is 74.7 Å². The predicted octanol–water partition coefficient (Wildman–Crippen LogP) is 14.6. The first kappa shape index (κ1) is 56.8. The smallest absolute Gasteiger partial charge is 0.306 e. The van der Waals surface area contributed by atoms with Crippen LogP contribution >= 0.6 is 0 Å². The highest BCUT2D eigenvalue weighted by molar-refractivity contribution is 5.77. The Morgan fingerprint density at radius 3 is 1.58 bits per heavy atom. The molecule has 3 N–H and O–H groups in total. The van der Waals surface area contributed by atoms with Crippen LogP contribution in [-0.4, -0.2) is 46.9 Å². The lowest BCUT2D eigenvalue weighted by Crippen LogP contribution is -2.46. The number of aliphatic hydroxyl groups excluding tert-OH is 2. The van der Waals surface area contributed by atoms with Gasteiger partial charge in [0.2, 0.25) is 5.91 Å². The van der Waals surface area contributed by atoms with Crippen molar-refractivity contribution in [1.82, 2.24) is 5.32 Å². The number of carbonyl (C=O) groups is 2. The SMILES string of the molecule is CC/C=C/C=C/C=C\C=C/CCCCCC(=O)OC(C/C=C\C/C=C\C/C=C\C/C=C\CCCCC)CC(=O)NC(CO)C(O)CCCCCCCCCCCCCCC. The molecule has 0 aromatic carbocycles. The van der Waals surface area contributed by atoms with Gasteiger partial charge in [-0.1, -0.05) is 221 Å². The van der Waals surface area contributed by atoms with Gasteiger partial charge in [0.1, 0.15) is 6.10 Å². The highest BCUT2D eigenvalue weighted by atomic mass is 16.5. The summed E-state index contributed by atoms with van der Waals surface area (Å²) in [4.78, 5) is 26.0. The zero-order valence-corrected chi connectivity index (χ0v) is 38.8. The van der Waals surface area contributed by atoms with Gasteiger partial charge in [-0.3, -0.25) is 9.59 Å². The van der Waals surface area contributed by atoms with E-state index in [9.17, 15) is 19.8 Å². The Labute approximate surface area is 369 Å². The minimum atomic E-state index is -0.822. The van der Waals surface area contributed by atoms with E-state index < -0.39 is 18.2 Å². The molecule has 0 radical (unpaired) electrons. The second-order valence-electron chi connectivity index (χ2n) is 16.2. The van der Waals surface area contributed by atoms with Crippen LogP contribution in [0.25, 0.3) is 0 Å². The van der Waals surface area contributed by atoms with E-state index in [1.54, 1.807) is 0 Å². The summed E-state index contributed by atoms with van der Waals surface area (Å²) in [7, 11) is 0. The molecule has 0 rings (SSSR count). The number of carbonyl (C=O) groups excluding carboxylic acids is 2. The summed E-state index contributed by atoms with van der Waals surface area (Å²) < 4.78 is 5.83. The van der Waals surface area contributed by atoms with Gasteiger partial charge in [-0.2, -0.15) is 0 Å². The lowest BCUT2D eigenvalue weighted by atomic mass is 10.0. The minimum absolute atomic E-state index is 0.0197. The summed E-state index contributed by atoms with van der Waals surface area (Å²) in [5, 5.41) is 23.7. The first-order valence-corrected chi connectivity index (χ1v) is 24.5. The zero-order chi connectivity index (χ0) is 43.8. The Balaban J connectivity index is 4.81. The summed E-state index contributed by atoms with van der Waals surface area (Å²) in [6.45, 7) is 6.26. The van der Waals surface area contributed by atoms with Crippen LogP contribution in [0.15, 0.2) is 97.2 Å². The molecule has 0 bridgehead atoms. The van der Waals surface area contributed by atoms with Crippen molar-refractivity contribution >= 4 is 11.9 Å². The van der Waals surface area contributed by atoms with Crippen molar-refractivity contribution in [3.63, 3.8) is 0 Å². The number of amides is 1. The van der Waals surface area contributed by atoms with Crippen LogP contribution in [0.4, 0.5) is 0 Å². The Morgan fingerprint density at radius 1 is 0.533 bits per heavy atom. The quantitative estimate of drug-likeness (QED) is 0.0246. The number of esters is 1. The number of hydrogen-bond acceptors (Lipinski definition) is 5. The van der Waals surface area contributed by atoms with Crippen molar-refractivity contribution in [2.24, 2.45) is 0 Å². The highest BCUT2D eigenvalue weighted by Crippen LogP contribution is 2.15. The molecule has 0 aliphatic heterocycles. The standard InChI is InChI=1S/C54H91NO5/c1-4-7-10-13-16-19-22-25-26-29-30-33-36-39-42-45-50(60-54(59)47-44-41-38-35-32-28-24-21-18-15-12-9-6-3)48-53(58)55-51(49-56)52(57)46-43-40-37-34-31-27-23-20-17-14-11-8-5-2/h9,12,15-16,18-19,21,24-26,28,30,32-33,39,42,50-52,56-57H,4-8,10-11,13-14,17,20,22-23,27,29,31,34-38,40-41,43-49H2,1-3H3,(H,55,58)/b12-9+,18-15+,19-16-,24-21-,26-25-,32-28-,33-30-,42-39-. The maximum absolute atomic E-state index is 13.2. The van der Waals surface area contributed by atoms with Crippen molar-refractivity contribution in [2.45, 2.75) is 225 Å². The predicted molar refractivity (Wildman–Crippen MR) is 259 cm³/mol. The molecular formula is C54H91NO5. The molecule has 3 atom stereocenters. The van der Waals surface area contributed by atoms with Gasteiger partial charge in [0.15, 0.2) is 0 Å². The van der Waals surface area contributed by atoms with Crippen molar-refractivity contribution < 1.29 is 24.5 Å². The fraction of sp³-hybridized carbons (Fsp3) is 0.667. The molecule has 0 aromatic rings. The Hall–Kier alpha value is -3.22. The van der Waals surface area contributed by atoms with E-state index in [-0.39, 0.29) is 24.9 Å². The summed E-state index contributed by atoms with van der Waals surface area (Å²) in [6, 6.07) is -0.744. The molecule has 6 nitrogen and oxygen atoms in total. The van der Waals surface area contributed by atoms with Crippen molar-refractivity contribution in [3.8, 4) is 0 Å². The first-order chi connectivity index (χ1) is 29.5. The summed E-state index contributed by atoms with van der Waals surface area (Å²) in [6.07, 6.45) is 61.9. The molecular weight excluding hydrogens is 743 g/mol. The van der Waals surface area contributed by atoms with Crippen molar-refractivity contribution in [1.29, 1.82) is 0 Å². The van der Waals surface area contributed by atoms with Crippen LogP contribution < -0.4 is 5.32 Å². The summed E-state index contributed by atoms with van der Waals surface area (Å²) in [5.41, 5.74) is 0. The molecule has 0 aliphatic rings. The molecule has 0 aliphatic carbocycles. The van der Waals surface area contributed by atoms with E-state index >= 15 is 0 Å². The number of nitrogens with one attached hydrogen (secondary N) is 1. The van der Waals surface area contributed by atoms with Crippen LogP contribution in [0.2, 0.25) is 0 Å². The summed E-state index contributed by atoms with van der Waals surface area (Å²) in [5.74, 6) is -0.631. The van der Waals surface area contributed by atoms with E-state index in [1.165, 1.54) is 83.5 Å². The number of aliphatic hydroxyl groups is 2. The summed E-state index contributed by atoms with van der Waals surface area (Å²) >= 11 is 0. The zero-order valence-electron chi connectivity index (χ0n) is 38.8. The van der Waals surface area contributed by atoms with Crippen molar-refractivity contribution in [2.75, 3.05) is 6.61 Å². The molecule has 0 heterocycles. The lowest BCUT2D eigenvalue weighted by Gasteiger charge is -2.24. The lowest BCUT2D eigenvalue weighted by molar-refractivity contribution is -0.150. The van der Waals surface area contributed by atoms with Gasteiger partial charge >= 0.3 is 5.97 Å². The van der Waals surface area contributed by atoms with E-state index in [0.717, 1.165) is 77.0 Å². The highest BCUT2D eigenvalue weighted by Gasteiger charge is 2.23. The van der Waals surface area contributed by atoms with Gasteiger partial charge in [0.05, 0.1) is 25.2 Å². The third-order valence-corrected chi connectivity index (χ3v) is 10.5. The van der Waals surface area contributed by atoms with Gasteiger partial charge in [-0.05, 0) is 64.2 Å². The number of ether oxygens (including phenoxy) is 1. The molecule has 0 saturated carbocycles. The molecule has 3 unspecified atom stereocenters. The monoisotopic (exact) mass is 834 g/mol. The van der Waals surface area contributed by atoms with E-state index in [0.29, 0.717) is 19.3 Å². The Bertz CT molecular complexity index is 1210. The van der Waals surface area contributed by atoms with Crippen LogP contribution in [0.3, 0.4) is 0 Å². The van der Waals surface area contributed by atoms with Crippen LogP contribution in [0.1, 0.15) is 207 Å². The Kier molecular flexibility index (Phi) is 44.3. The third kappa shape index (κ3) is 41.5. The van der Waals surface area contributed by atoms with Crippen LogP contribution in [-0.2, 0) is 14.3 Å². The van der Waals surface area contributed by atoms with Crippen LogP contribution in [0, 0.1) is 0 Å². The fourth-order valence-corrected chi connectivity index (χ4v) is 6.77. The number of hydrogen-bond donors (Lipinski definition) is 3. The molecule has 0 saturated heterocycles. The maximum atomic E-state index is 13.2. The second-order valence-corrected chi connectivity index (χ2v) is 16.2. The molecule has 0 spiro atoms. The number of unbranched alkanes of at least 4 members (excludes halogenated alkanes) is 18. The van der Waals surface area contributed by atoms with E-state index in [1.807, 2.05) is 48.6 Å². The number of rotatable bonds is 42. The van der Waals surface area contributed by atoms with E-state index in [4.69, 9.17) is 4.74 Å². The van der Waals surface area contributed by atoms with Gasteiger partial charge in [-0.15, -0.1) is 0 Å². The normalized spacial score (nSPS) is 14.2. The molecule has 1 amide bonds. The largest absolute Gasteiger partial charge is 0.461 e. The average molecular weight is 834 g/mol. The second kappa shape index (κ2) is 46.8. The molecule has 60 heavy (non-hydrogen) atoms. The number of allylic oxidation sites excluding steroid dienone is 15. The topological polar surface area (TPSA) is 95.9 Å². The fourth-order valence-electron chi connectivity index (χ4n) is 6.77. The minimum Gasteiger partial charge on any atom is -0.461 e. The van der Waals surface area contributed by atoms with Crippen molar-refractivity contribution in [3.05, 3.63) is 97.2 Å². The van der Waals surface area contributed by atoms with Gasteiger partial charge < -0.3 is 20.3 Å². The molecule has 0 aromatic heterocycles. The third-order valence-electron chi connectivity index (χ3n) is 10.5. The van der Waals surface area contributed by atoms with Gasteiger partial charge in [0, 0.05) is 12.8 Å².